The molecule has 0 radical (unpaired) electrons. The summed E-state index contributed by atoms with van der Waals surface area (Å²) in [6, 6.07) is 20.1. The summed E-state index contributed by atoms with van der Waals surface area (Å²) in [5, 5.41) is 0. The fourth-order valence-corrected chi connectivity index (χ4v) is 8.85. The highest BCUT2D eigenvalue weighted by Gasteiger charge is 2.52. The number of carbonyl (C=O) groups excluding carboxylic acids is 2. The molecule has 2 unspecified atom stereocenters. The van der Waals surface area contributed by atoms with E-state index >= 15 is 0 Å². The molecule has 0 spiro atoms. The maximum atomic E-state index is 14.4. The van der Waals surface area contributed by atoms with E-state index in [9.17, 15) is 9.59 Å². The lowest BCUT2D eigenvalue weighted by atomic mass is 9.63. The Morgan fingerprint density at radius 3 is 1.82 bits per heavy atom. The Balaban J connectivity index is 1.18. The second-order valence-corrected chi connectivity index (χ2v) is 13.1. The molecule has 4 heterocycles. The van der Waals surface area contributed by atoms with Crippen molar-refractivity contribution in [1.29, 1.82) is 0 Å². The van der Waals surface area contributed by atoms with Crippen molar-refractivity contribution in [3.05, 3.63) is 71.3 Å². The number of piperidine rings is 2. The highest BCUT2D eigenvalue weighted by atomic mass is 16.5. The van der Waals surface area contributed by atoms with Gasteiger partial charge in [0, 0.05) is 24.2 Å². The monoisotopic (exact) mass is 542 g/mol. The summed E-state index contributed by atoms with van der Waals surface area (Å²) in [5.41, 5.74) is 1.84. The number of hydrogen-bond donors (Lipinski definition) is 0. The van der Waals surface area contributed by atoms with Crippen LogP contribution in [-0.2, 0) is 24.5 Å². The van der Waals surface area contributed by atoms with Crippen LogP contribution in [0.5, 0.6) is 0 Å². The van der Waals surface area contributed by atoms with Gasteiger partial charge in [-0.05, 0) is 95.0 Å². The fourth-order valence-electron chi connectivity index (χ4n) is 8.85. The van der Waals surface area contributed by atoms with Gasteiger partial charge < -0.3 is 19.3 Å². The summed E-state index contributed by atoms with van der Waals surface area (Å²) in [6.45, 7) is 0. The number of carbonyl (C=O) groups is 2. The SMILES string of the molecule is CN1[C@@H]2CC[C@H]1CC(OC(=O)[C@H]1CC[C@](C(=O)OC3C[C@H]4CC[C@@H](C3)N4C)(c3ccccc3)c3ccccc31)C2. The number of ether oxygens (including phenoxy) is 2. The lowest BCUT2D eigenvalue weighted by Gasteiger charge is -2.42. The molecule has 8 atom stereocenters. The van der Waals surface area contributed by atoms with E-state index in [0.717, 1.165) is 42.4 Å². The number of benzene rings is 2. The normalized spacial score (nSPS) is 37.1. The van der Waals surface area contributed by atoms with E-state index in [1.165, 1.54) is 25.7 Å². The molecule has 4 fully saturated rings. The van der Waals surface area contributed by atoms with Crippen LogP contribution in [-0.4, -0.2) is 72.2 Å². The van der Waals surface area contributed by atoms with E-state index in [2.05, 4.69) is 23.9 Å². The van der Waals surface area contributed by atoms with Crippen molar-refractivity contribution < 1.29 is 19.1 Å². The van der Waals surface area contributed by atoms with Gasteiger partial charge in [-0.2, -0.15) is 0 Å². The molecule has 7 rings (SSSR count). The van der Waals surface area contributed by atoms with Gasteiger partial charge >= 0.3 is 11.9 Å². The van der Waals surface area contributed by atoms with Gasteiger partial charge in [0.05, 0.1) is 5.92 Å². The molecule has 1 aliphatic carbocycles. The van der Waals surface area contributed by atoms with Gasteiger partial charge in [0.25, 0.3) is 0 Å². The van der Waals surface area contributed by atoms with E-state index in [4.69, 9.17) is 9.47 Å². The molecule has 0 amide bonds. The smallest absolute Gasteiger partial charge is 0.321 e. The predicted molar refractivity (Wildman–Crippen MR) is 153 cm³/mol. The third-order valence-electron chi connectivity index (χ3n) is 11.2. The fraction of sp³-hybridized carbons (Fsp3) is 0.588. The maximum absolute atomic E-state index is 14.4. The molecule has 40 heavy (non-hydrogen) atoms. The lowest BCUT2D eigenvalue weighted by Crippen LogP contribution is -2.48. The Morgan fingerprint density at radius 2 is 1.23 bits per heavy atom. The molecule has 6 heteroatoms. The van der Waals surface area contributed by atoms with Gasteiger partial charge in [-0.15, -0.1) is 0 Å². The van der Waals surface area contributed by atoms with Crippen molar-refractivity contribution >= 4 is 11.9 Å². The highest BCUT2D eigenvalue weighted by molar-refractivity contribution is 5.91. The molecule has 4 saturated heterocycles. The second kappa shape index (κ2) is 10.3. The van der Waals surface area contributed by atoms with Crippen LogP contribution in [0.1, 0.15) is 86.8 Å². The zero-order valence-electron chi connectivity index (χ0n) is 23.8. The topological polar surface area (TPSA) is 59.1 Å². The zero-order valence-corrected chi connectivity index (χ0v) is 23.8. The first-order valence-electron chi connectivity index (χ1n) is 15.4. The molecule has 2 aromatic carbocycles. The molecular formula is C34H42N2O4. The van der Waals surface area contributed by atoms with Crippen LogP contribution in [0, 0.1) is 0 Å². The maximum Gasteiger partial charge on any atom is 0.321 e. The average Bonchev–Trinajstić information content (AvgIpc) is 3.28. The van der Waals surface area contributed by atoms with Crippen molar-refractivity contribution in [2.45, 2.75) is 112 Å². The number of fused-ring (bicyclic) bond motifs is 5. The number of esters is 2. The van der Waals surface area contributed by atoms with Gasteiger partial charge in [0.15, 0.2) is 0 Å². The molecule has 4 aliphatic heterocycles. The standard InChI is InChI=1S/C34H42N2O4/c1-35-23-12-13-24(35)19-27(18-23)39-32(37)30-16-17-34(22-8-4-3-5-9-22,31-11-7-6-10-29(30)31)33(38)40-28-20-25-14-15-26(21-28)36(25)2/h3-11,23-28,30H,12-21H2,1-2H3/t23-,24+,25-,26+,27?,28?,30-,34-/m0/s1. The highest BCUT2D eigenvalue weighted by Crippen LogP contribution is 2.49. The minimum absolute atomic E-state index is 0.0149. The Labute approximate surface area is 238 Å². The van der Waals surface area contributed by atoms with Gasteiger partial charge in [-0.3, -0.25) is 9.59 Å². The minimum Gasteiger partial charge on any atom is -0.462 e. The van der Waals surface area contributed by atoms with Crippen molar-refractivity contribution in [2.24, 2.45) is 0 Å². The Hall–Kier alpha value is -2.70. The van der Waals surface area contributed by atoms with E-state index in [0.29, 0.717) is 37.0 Å². The molecule has 2 aromatic rings. The third-order valence-corrected chi connectivity index (χ3v) is 11.2. The molecule has 0 saturated carbocycles. The van der Waals surface area contributed by atoms with Gasteiger partial charge in [0.1, 0.15) is 17.6 Å². The third kappa shape index (κ3) is 4.30. The van der Waals surface area contributed by atoms with Gasteiger partial charge in [-0.1, -0.05) is 54.6 Å². The van der Waals surface area contributed by atoms with Crippen LogP contribution in [0.25, 0.3) is 0 Å². The largest absolute Gasteiger partial charge is 0.462 e. The second-order valence-electron chi connectivity index (χ2n) is 13.1. The van der Waals surface area contributed by atoms with Crippen LogP contribution >= 0.6 is 0 Å². The number of hydrogen-bond acceptors (Lipinski definition) is 6. The molecule has 0 aromatic heterocycles. The zero-order chi connectivity index (χ0) is 27.4. The minimum atomic E-state index is -0.927. The first kappa shape index (κ1) is 26.2. The summed E-state index contributed by atoms with van der Waals surface area (Å²) in [4.78, 5) is 33.1. The van der Waals surface area contributed by atoms with Crippen LogP contribution in [0.4, 0.5) is 0 Å². The molecule has 5 aliphatic rings. The summed E-state index contributed by atoms with van der Waals surface area (Å²) in [7, 11) is 4.41. The molecule has 6 nitrogen and oxygen atoms in total. The van der Waals surface area contributed by atoms with Gasteiger partial charge in [-0.25, -0.2) is 0 Å². The summed E-state index contributed by atoms with van der Waals surface area (Å²) in [6.07, 6.45) is 9.44. The predicted octanol–water partition coefficient (Wildman–Crippen LogP) is 5.19. The average molecular weight is 543 g/mol. The van der Waals surface area contributed by atoms with Crippen LogP contribution in [0.3, 0.4) is 0 Å². The van der Waals surface area contributed by atoms with Crippen molar-refractivity contribution in [2.75, 3.05) is 14.1 Å². The van der Waals surface area contributed by atoms with E-state index in [1.807, 2.05) is 54.6 Å². The quantitative estimate of drug-likeness (QED) is 0.485. The molecule has 0 N–H and O–H groups in total. The van der Waals surface area contributed by atoms with Crippen LogP contribution in [0.2, 0.25) is 0 Å². The first-order valence-corrected chi connectivity index (χ1v) is 15.4. The van der Waals surface area contributed by atoms with E-state index in [1.54, 1.807) is 0 Å². The van der Waals surface area contributed by atoms with Gasteiger partial charge in [0.2, 0.25) is 0 Å². The number of rotatable bonds is 5. The van der Waals surface area contributed by atoms with Crippen molar-refractivity contribution in [3.63, 3.8) is 0 Å². The summed E-state index contributed by atoms with van der Waals surface area (Å²) < 4.78 is 12.7. The summed E-state index contributed by atoms with van der Waals surface area (Å²) >= 11 is 0. The lowest BCUT2D eigenvalue weighted by molar-refractivity contribution is -0.160. The Bertz CT molecular complexity index is 1240. The van der Waals surface area contributed by atoms with E-state index < -0.39 is 5.41 Å². The Morgan fingerprint density at radius 1 is 0.700 bits per heavy atom. The molecule has 4 bridgehead atoms. The van der Waals surface area contributed by atoms with E-state index in [-0.39, 0.29) is 30.1 Å². The van der Waals surface area contributed by atoms with Crippen LogP contribution in [0.15, 0.2) is 54.6 Å². The van der Waals surface area contributed by atoms with Crippen LogP contribution < -0.4 is 0 Å². The van der Waals surface area contributed by atoms with Crippen molar-refractivity contribution in [1.82, 2.24) is 9.80 Å². The molecule has 212 valence electrons. The molecular weight excluding hydrogens is 500 g/mol. The first-order chi connectivity index (χ1) is 19.4. The number of nitrogens with zero attached hydrogens (tertiary/aromatic N) is 2. The van der Waals surface area contributed by atoms with Crippen molar-refractivity contribution in [3.8, 4) is 0 Å². The summed E-state index contributed by atoms with van der Waals surface area (Å²) in [5.74, 6) is -0.667. The Kier molecular flexibility index (Phi) is 6.74.